The molecule has 0 radical (unpaired) electrons. The summed E-state index contributed by atoms with van der Waals surface area (Å²) < 4.78 is 0. The SMILES string of the molecule is CC1NC(Cc2ccccc2)C(=O)N1C1CCN(C)CC1. The highest BCUT2D eigenvalue weighted by molar-refractivity contribution is 5.85. The van der Waals surface area contributed by atoms with Crippen LogP contribution in [0.4, 0.5) is 0 Å². The summed E-state index contributed by atoms with van der Waals surface area (Å²) in [6.45, 7) is 4.29. The van der Waals surface area contributed by atoms with Crippen molar-refractivity contribution in [1.29, 1.82) is 0 Å². The molecule has 21 heavy (non-hydrogen) atoms. The molecule has 2 unspecified atom stereocenters. The minimum absolute atomic E-state index is 0.0675. The van der Waals surface area contributed by atoms with Crippen molar-refractivity contribution in [2.24, 2.45) is 0 Å². The van der Waals surface area contributed by atoms with Crippen LogP contribution in [-0.4, -0.2) is 54.1 Å². The molecule has 2 aliphatic rings. The van der Waals surface area contributed by atoms with Crippen LogP contribution >= 0.6 is 0 Å². The second-order valence-electron chi connectivity index (χ2n) is 6.36. The molecule has 2 heterocycles. The molecule has 2 atom stereocenters. The van der Waals surface area contributed by atoms with Gasteiger partial charge in [-0.25, -0.2) is 0 Å². The Morgan fingerprint density at radius 1 is 1.19 bits per heavy atom. The second kappa shape index (κ2) is 6.16. The summed E-state index contributed by atoms with van der Waals surface area (Å²) in [6, 6.07) is 10.6. The number of carbonyl (C=O) groups excluding carboxylic acids is 1. The predicted molar refractivity (Wildman–Crippen MR) is 83.9 cm³/mol. The van der Waals surface area contributed by atoms with Gasteiger partial charge in [0.05, 0.1) is 12.2 Å². The fourth-order valence-electron chi connectivity index (χ4n) is 3.58. The van der Waals surface area contributed by atoms with Crippen LogP contribution in [0.5, 0.6) is 0 Å². The lowest BCUT2D eigenvalue weighted by molar-refractivity contribution is -0.132. The zero-order valence-electron chi connectivity index (χ0n) is 13.0. The third-order valence-electron chi connectivity index (χ3n) is 4.78. The highest BCUT2D eigenvalue weighted by atomic mass is 16.2. The molecule has 0 bridgehead atoms. The highest BCUT2D eigenvalue weighted by Gasteiger charge is 2.40. The van der Waals surface area contributed by atoms with Crippen LogP contribution in [0, 0.1) is 0 Å². The van der Waals surface area contributed by atoms with E-state index in [1.54, 1.807) is 0 Å². The van der Waals surface area contributed by atoms with Crippen LogP contribution < -0.4 is 5.32 Å². The topological polar surface area (TPSA) is 35.6 Å². The fraction of sp³-hybridized carbons (Fsp3) is 0.588. The highest BCUT2D eigenvalue weighted by Crippen LogP contribution is 2.23. The summed E-state index contributed by atoms with van der Waals surface area (Å²) in [5.74, 6) is 0.279. The first kappa shape index (κ1) is 14.5. The van der Waals surface area contributed by atoms with E-state index < -0.39 is 0 Å². The fourth-order valence-corrected chi connectivity index (χ4v) is 3.58. The first-order chi connectivity index (χ1) is 10.1. The van der Waals surface area contributed by atoms with E-state index in [0.29, 0.717) is 6.04 Å². The molecule has 4 heteroatoms. The summed E-state index contributed by atoms with van der Waals surface area (Å²) >= 11 is 0. The quantitative estimate of drug-likeness (QED) is 0.914. The maximum absolute atomic E-state index is 12.8. The molecule has 1 N–H and O–H groups in total. The molecule has 114 valence electrons. The van der Waals surface area contributed by atoms with Crippen molar-refractivity contribution in [3.63, 3.8) is 0 Å². The Morgan fingerprint density at radius 2 is 1.86 bits per heavy atom. The van der Waals surface area contributed by atoms with Gasteiger partial charge in [0.2, 0.25) is 5.91 Å². The van der Waals surface area contributed by atoms with Crippen molar-refractivity contribution in [1.82, 2.24) is 15.1 Å². The summed E-state index contributed by atoms with van der Waals surface area (Å²) in [4.78, 5) is 17.2. The van der Waals surface area contributed by atoms with E-state index in [4.69, 9.17) is 0 Å². The maximum Gasteiger partial charge on any atom is 0.241 e. The summed E-state index contributed by atoms with van der Waals surface area (Å²) in [6.07, 6.45) is 3.12. The van der Waals surface area contributed by atoms with Gasteiger partial charge in [-0.15, -0.1) is 0 Å². The van der Waals surface area contributed by atoms with E-state index in [0.717, 1.165) is 32.4 Å². The van der Waals surface area contributed by atoms with Crippen molar-refractivity contribution >= 4 is 5.91 Å². The van der Waals surface area contributed by atoms with Gasteiger partial charge in [0.1, 0.15) is 0 Å². The molecule has 0 saturated carbocycles. The molecule has 2 aliphatic heterocycles. The monoisotopic (exact) mass is 287 g/mol. The zero-order valence-corrected chi connectivity index (χ0v) is 13.0. The normalized spacial score (nSPS) is 28.3. The standard InChI is InChI=1S/C17H25N3O/c1-13-18-16(12-14-6-4-3-5-7-14)17(21)20(13)15-8-10-19(2)11-9-15/h3-7,13,15-16,18H,8-12H2,1-2H3. The second-order valence-corrected chi connectivity index (χ2v) is 6.36. The molecule has 0 aliphatic carbocycles. The van der Waals surface area contributed by atoms with E-state index in [2.05, 4.69) is 41.2 Å². The van der Waals surface area contributed by atoms with Gasteiger partial charge in [0, 0.05) is 6.04 Å². The van der Waals surface area contributed by atoms with E-state index in [-0.39, 0.29) is 18.1 Å². The van der Waals surface area contributed by atoms with Crippen LogP contribution in [0.25, 0.3) is 0 Å². The third-order valence-corrected chi connectivity index (χ3v) is 4.78. The molecule has 1 aromatic carbocycles. The number of nitrogens with one attached hydrogen (secondary N) is 1. The summed E-state index contributed by atoms with van der Waals surface area (Å²) in [5, 5.41) is 3.47. The van der Waals surface area contributed by atoms with Crippen molar-refractivity contribution in [2.45, 2.75) is 44.4 Å². The number of amides is 1. The maximum atomic E-state index is 12.8. The Morgan fingerprint density at radius 3 is 2.52 bits per heavy atom. The number of piperidine rings is 1. The smallest absolute Gasteiger partial charge is 0.241 e. The van der Waals surface area contributed by atoms with Crippen LogP contribution in [0.3, 0.4) is 0 Å². The first-order valence-corrected chi connectivity index (χ1v) is 7.96. The summed E-state index contributed by atoms with van der Waals surface area (Å²) in [5.41, 5.74) is 1.22. The molecule has 0 aromatic heterocycles. The van der Waals surface area contributed by atoms with Crippen LogP contribution in [0.2, 0.25) is 0 Å². The Labute approximate surface area is 127 Å². The zero-order chi connectivity index (χ0) is 14.8. The van der Waals surface area contributed by atoms with Gasteiger partial charge in [0.15, 0.2) is 0 Å². The lowest BCUT2D eigenvalue weighted by Gasteiger charge is -2.37. The van der Waals surface area contributed by atoms with Crippen LogP contribution in [0.1, 0.15) is 25.3 Å². The molecule has 3 rings (SSSR count). The Kier molecular flexibility index (Phi) is 4.27. The predicted octanol–water partition coefficient (Wildman–Crippen LogP) is 1.47. The van der Waals surface area contributed by atoms with Crippen LogP contribution in [0.15, 0.2) is 30.3 Å². The Balaban J connectivity index is 1.66. The van der Waals surface area contributed by atoms with E-state index >= 15 is 0 Å². The van der Waals surface area contributed by atoms with Gasteiger partial charge in [-0.1, -0.05) is 30.3 Å². The van der Waals surface area contributed by atoms with Gasteiger partial charge >= 0.3 is 0 Å². The van der Waals surface area contributed by atoms with Gasteiger partial charge in [-0.05, 0) is 51.9 Å². The van der Waals surface area contributed by atoms with Gasteiger partial charge in [-0.3, -0.25) is 10.1 Å². The minimum atomic E-state index is -0.0675. The number of hydrogen-bond donors (Lipinski definition) is 1. The first-order valence-electron chi connectivity index (χ1n) is 7.96. The molecular formula is C17H25N3O. The minimum Gasteiger partial charge on any atom is -0.323 e. The number of benzene rings is 1. The third kappa shape index (κ3) is 3.11. The molecule has 1 aromatic rings. The van der Waals surface area contributed by atoms with E-state index in [1.807, 2.05) is 18.2 Å². The van der Waals surface area contributed by atoms with Crippen molar-refractivity contribution in [3.8, 4) is 0 Å². The van der Waals surface area contributed by atoms with Gasteiger partial charge in [0.25, 0.3) is 0 Å². The van der Waals surface area contributed by atoms with Crippen LogP contribution in [-0.2, 0) is 11.2 Å². The number of hydrogen-bond acceptors (Lipinski definition) is 3. The number of rotatable bonds is 3. The van der Waals surface area contributed by atoms with Crippen molar-refractivity contribution < 1.29 is 4.79 Å². The van der Waals surface area contributed by atoms with E-state index in [1.165, 1.54) is 5.56 Å². The lowest BCUT2D eigenvalue weighted by atomic mass is 10.0. The average molecular weight is 287 g/mol. The summed E-state index contributed by atoms with van der Waals surface area (Å²) in [7, 11) is 2.15. The Hall–Kier alpha value is -1.39. The molecule has 4 nitrogen and oxygen atoms in total. The lowest BCUT2D eigenvalue weighted by Crippen LogP contribution is -2.48. The molecule has 1 amide bonds. The molecule has 2 saturated heterocycles. The Bertz CT molecular complexity index is 482. The number of carbonyl (C=O) groups is 1. The van der Waals surface area contributed by atoms with Crippen molar-refractivity contribution in [2.75, 3.05) is 20.1 Å². The average Bonchev–Trinajstić information content (AvgIpc) is 2.76. The molecular weight excluding hydrogens is 262 g/mol. The van der Waals surface area contributed by atoms with Gasteiger partial charge in [-0.2, -0.15) is 0 Å². The number of likely N-dealkylation sites (tertiary alicyclic amines) is 1. The number of nitrogens with zero attached hydrogens (tertiary/aromatic N) is 2. The largest absolute Gasteiger partial charge is 0.323 e. The molecule has 0 spiro atoms. The van der Waals surface area contributed by atoms with Gasteiger partial charge < -0.3 is 9.80 Å². The van der Waals surface area contributed by atoms with Crippen molar-refractivity contribution in [3.05, 3.63) is 35.9 Å². The van der Waals surface area contributed by atoms with E-state index in [9.17, 15) is 4.79 Å². The molecule has 2 fully saturated rings.